The Morgan fingerprint density at radius 1 is 1.03 bits per heavy atom. The molecule has 2 aromatic rings. The minimum Gasteiger partial charge on any atom is -0.389 e. The van der Waals surface area contributed by atoms with E-state index in [-0.39, 0.29) is 17.9 Å². The average molecular weight is 412 g/mol. The van der Waals surface area contributed by atoms with Crippen LogP contribution in [-0.4, -0.2) is 41.8 Å². The zero-order valence-electron chi connectivity index (χ0n) is 18.9. The van der Waals surface area contributed by atoms with Crippen molar-refractivity contribution in [1.29, 1.82) is 0 Å². The van der Waals surface area contributed by atoms with E-state index in [9.17, 15) is 9.90 Å². The van der Waals surface area contributed by atoms with Crippen LogP contribution in [0.3, 0.4) is 0 Å². The van der Waals surface area contributed by atoms with E-state index in [2.05, 4.69) is 36.5 Å². The Balaban J connectivity index is 2.04. The number of aliphatic hydroxyl groups excluding tert-OH is 1. The molecule has 30 heavy (non-hydrogen) atoms. The van der Waals surface area contributed by atoms with Crippen molar-refractivity contribution in [2.45, 2.75) is 71.1 Å². The first kappa shape index (κ1) is 24.3. The molecular formula is C26H37NO3. The van der Waals surface area contributed by atoms with Gasteiger partial charge in [-0.2, -0.15) is 0 Å². The molecule has 2 rings (SSSR count). The number of aryl methyl sites for hydroxylation is 1. The third-order valence-electron chi connectivity index (χ3n) is 4.97. The second-order valence-electron chi connectivity index (χ2n) is 8.96. The van der Waals surface area contributed by atoms with Crippen molar-refractivity contribution in [3.8, 4) is 0 Å². The molecule has 2 N–H and O–H groups in total. The zero-order valence-corrected chi connectivity index (χ0v) is 18.9. The number of benzene rings is 2. The van der Waals surface area contributed by atoms with Gasteiger partial charge in [-0.1, -0.05) is 67.9 Å². The highest BCUT2D eigenvalue weighted by Crippen LogP contribution is 2.15. The molecular weight excluding hydrogens is 374 g/mol. The smallest absolute Gasteiger partial charge is 0.191 e. The number of carbonyl (C=O) groups excluding carboxylic acids is 1. The lowest BCUT2D eigenvalue weighted by atomic mass is 9.98. The van der Waals surface area contributed by atoms with Crippen LogP contribution >= 0.6 is 0 Å². The van der Waals surface area contributed by atoms with Crippen molar-refractivity contribution >= 4 is 5.78 Å². The summed E-state index contributed by atoms with van der Waals surface area (Å²) in [4.78, 5) is 13.1. The van der Waals surface area contributed by atoms with E-state index in [1.807, 2.05) is 51.1 Å². The number of aliphatic hydroxyl groups is 1. The highest BCUT2D eigenvalue weighted by atomic mass is 16.5. The largest absolute Gasteiger partial charge is 0.389 e. The van der Waals surface area contributed by atoms with Crippen LogP contribution < -0.4 is 5.32 Å². The summed E-state index contributed by atoms with van der Waals surface area (Å²) in [7, 11) is 0. The number of β-amino-alcohol motifs (C(OH)–C–C–N with tert-alkyl or cyclic N) is 1. The molecule has 0 amide bonds. The molecule has 0 aromatic heterocycles. The maximum absolute atomic E-state index is 13.1. The second-order valence-corrected chi connectivity index (χ2v) is 8.96. The number of Topliss-reactive ketones (excluding diaryl/α,β-unsaturated/α-hetero) is 1. The van der Waals surface area contributed by atoms with Gasteiger partial charge in [-0.25, -0.2) is 0 Å². The van der Waals surface area contributed by atoms with Gasteiger partial charge in [0.2, 0.25) is 0 Å². The lowest BCUT2D eigenvalue weighted by molar-refractivity contribution is -0.00326. The lowest BCUT2D eigenvalue weighted by Gasteiger charge is -2.24. The molecule has 0 fully saturated rings. The van der Waals surface area contributed by atoms with Gasteiger partial charge in [0.25, 0.3) is 0 Å². The molecule has 164 valence electrons. The number of nitrogens with one attached hydrogen (secondary N) is 1. The number of ketones is 1. The summed E-state index contributed by atoms with van der Waals surface area (Å²) in [5.41, 5.74) is 2.92. The molecule has 0 aliphatic heterocycles. The molecule has 0 aliphatic carbocycles. The van der Waals surface area contributed by atoms with E-state index < -0.39 is 12.2 Å². The maximum Gasteiger partial charge on any atom is 0.191 e. The monoisotopic (exact) mass is 411 g/mol. The van der Waals surface area contributed by atoms with Gasteiger partial charge in [-0.05, 0) is 44.7 Å². The molecule has 0 radical (unpaired) electrons. The fourth-order valence-corrected chi connectivity index (χ4v) is 3.16. The highest BCUT2D eigenvalue weighted by Gasteiger charge is 2.23. The summed E-state index contributed by atoms with van der Waals surface area (Å²) < 4.78 is 5.94. The van der Waals surface area contributed by atoms with Crippen molar-refractivity contribution < 1.29 is 14.6 Å². The van der Waals surface area contributed by atoms with Gasteiger partial charge in [0.15, 0.2) is 5.78 Å². The first-order valence-corrected chi connectivity index (χ1v) is 11.0. The van der Waals surface area contributed by atoms with Crippen molar-refractivity contribution in [1.82, 2.24) is 5.32 Å². The van der Waals surface area contributed by atoms with Crippen molar-refractivity contribution in [3.05, 3.63) is 71.3 Å². The number of rotatable bonds is 12. The van der Waals surface area contributed by atoms with E-state index in [1.54, 1.807) is 0 Å². The Morgan fingerprint density at radius 2 is 1.67 bits per heavy atom. The molecule has 2 atom stereocenters. The van der Waals surface area contributed by atoms with E-state index in [4.69, 9.17) is 4.74 Å². The van der Waals surface area contributed by atoms with Gasteiger partial charge in [-0.15, -0.1) is 0 Å². The minimum atomic E-state index is -0.674. The standard InChI is InChI=1S/C26H37NO3/c1-5-6-10-20-13-15-21(16-14-20)17-24(25(29)22-11-8-7-9-12-22)30-19-23(28)18-27-26(2,3)4/h7-9,11-16,23-24,27-28H,5-6,10,17-19H2,1-4H3. The fourth-order valence-electron chi connectivity index (χ4n) is 3.16. The van der Waals surface area contributed by atoms with Crippen LogP contribution in [0.1, 0.15) is 62.0 Å². The molecule has 4 heteroatoms. The molecule has 0 bridgehead atoms. The van der Waals surface area contributed by atoms with Crippen LogP contribution in [0.4, 0.5) is 0 Å². The third kappa shape index (κ3) is 8.78. The molecule has 0 heterocycles. The predicted molar refractivity (Wildman–Crippen MR) is 123 cm³/mol. The van der Waals surface area contributed by atoms with Gasteiger partial charge in [-0.3, -0.25) is 4.79 Å². The Morgan fingerprint density at radius 3 is 2.27 bits per heavy atom. The maximum atomic E-state index is 13.1. The Kier molecular flexibility index (Phi) is 9.70. The highest BCUT2D eigenvalue weighted by molar-refractivity contribution is 5.99. The van der Waals surface area contributed by atoms with Crippen LogP contribution in [0, 0.1) is 0 Å². The van der Waals surface area contributed by atoms with Gasteiger partial charge >= 0.3 is 0 Å². The number of ether oxygens (including phenoxy) is 1. The summed E-state index contributed by atoms with van der Waals surface area (Å²) in [6, 6.07) is 17.7. The molecule has 0 saturated carbocycles. The Labute approximate surface area is 181 Å². The van der Waals surface area contributed by atoms with Crippen molar-refractivity contribution in [3.63, 3.8) is 0 Å². The number of hydrogen-bond acceptors (Lipinski definition) is 4. The second kappa shape index (κ2) is 12.0. The summed E-state index contributed by atoms with van der Waals surface area (Å²) in [5.74, 6) is -0.0540. The van der Waals surface area contributed by atoms with E-state index in [1.165, 1.54) is 18.4 Å². The number of unbranched alkanes of at least 4 members (excludes halogenated alkanes) is 1. The molecule has 0 aliphatic rings. The minimum absolute atomic E-state index is 0.0540. The average Bonchev–Trinajstić information content (AvgIpc) is 2.74. The zero-order chi connectivity index (χ0) is 22.0. The normalized spacial score (nSPS) is 13.8. The summed E-state index contributed by atoms with van der Waals surface area (Å²) in [5, 5.41) is 13.6. The molecule has 2 unspecified atom stereocenters. The quantitative estimate of drug-likeness (QED) is 0.502. The predicted octanol–water partition coefficient (Wildman–Crippen LogP) is 4.59. The Bertz CT molecular complexity index is 750. The van der Waals surface area contributed by atoms with Gasteiger partial charge < -0.3 is 15.2 Å². The molecule has 4 nitrogen and oxygen atoms in total. The van der Waals surface area contributed by atoms with Gasteiger partial charge in [0.05, 0.1) is 12.7 Å². The first-order valence-electron chi connectivity index (χ1n) is 11.0. The summed E-state index contributed by atoms with van der Waals surface area (Å²) in [6.07, 6.45) is 2.62. The first-order chi connectivity index (χ1) is 14.3. The van der Waals surface area contributed by atoms with Crippen molar-refractivity contribution in [2.24, 2.45) is 0 Å². The van der Waals surface area contributed by atoms with Crippen molar-refractivity contribution in [2.75, 3.05) is 13.2 Å². The summed E-state index contributed by atoms with van der Waals surface area (Å²) >= 11 is 0. The van der Waals surface area contributed by atoms with Crippen LogP contribution in [0.15, 0.2) is 54.6 Å². The SMILES string of the molecule is CCCCc1ccc(CC(OCC(O)CNC(C)(C)C)C(=O)c2ccccc2)cc1. The molecule has 0 spiro atoms. The number of hydrogen-bond donors (Lipinski definition) is 2. The van der Waals surface area contributed by atoms with E-state index in [0.29, 0.717) is 18.5 Å². The van der Waals surface area contributed by atoms with E-state index in [0.717, 1.165) is 12.0 Å². The molecule has 2 aromatic carbocycles. The summed E-state index contributed by atoms with van der Waals surface area (Å²) in [6.45, 7) is 8.87. The van der Waals surface area contributed by atoms with Gasteiger partial charge in [0.1, 0.15) is 6.10 Å². The van der Waals surface area contributed by atoms with Crippen LogP contribution in [0.5, 0.6) is 0 Å². The van der Waals surface area contributed by atoms with E-state index >= 15 is 0 Å². The van der Waals surface area contributed by atoms with Crippen LogP contribution in [-0.2, 0) is 17.6 Å². The topological polar surface area (TPSA) is 58.6 Å². The fraction of sp³-hybridized carbons (Fsp3) is 0.500. The third-order valence-corrected chi connectivity index (χ3v) is 4.97. The molecule has 0 saturated heterocycles. The Hall–Kier alpha value is -2.01. The lowest BCUT2D eigenvalue weighted by Crippen LogP contribution is -2.43. The van der Waals surface area contributed by atoms with Gasteiger partial charge in [0, 0.05) is 24.1 Å². The van der Waals surface area contributed by atoms with Crippen LogP contribution in [0.2, 0.25) is 0 Å². The number of carbonyl (C=O) groups is 1. The van der Waals surface area contributed by atoms with Crippen LogP contribution in [0.25, 0.3) is 0 Å².